The molecule has 0 radical (unpaired) electrons. The molecule has 1 aliphatic rings. The topological polar surface area (TPSA) is 42.9 Å². The number of unbranched alkanes of at least 4 members (excludes halogenated alkanes) is 1. The molecule has 1 aliphatic heterocycles. The monoisotopic (exact) mass is 339 g/mol. The summed E-state index contributed by atoms with van der Waals surface area (Å²) in [6, 6.07) is 0. The molecule has 1 heterocycles. The lowest BCUT2D eigenvalue weighted by molar-refractivity contribution is 0.275. The molecule has 0 aromatic rings. The summed E-state index contributed by atoms with van der Waals surface area (Å²) in [5.74, 6) is 1.79. The lowest BCUT2D eigenvalue weighted by atomic mass is 10.1. The molecule has 0 atom stereocenters. The van der Waals surface area contributed by atoms with E-state index in [1.54, 1.807) is 0 Å². The SMILES string of the molecule is CCNC(=NCCCN1CCCN(C)CC1)NCCCCC(C)C. The Morgan fingerprint density at radius 3 is 2.62 bits per heavy atom. The standard InChI is InChI=1S/C19H41N5/c1-5-20-19(21-11-7-6-10-18(2)3)22-12-8-14-24-15-9-13-23(4)16-17-24/h18H,5-17H2,1-4H3,(H2,20,21,22). The molecular weight excluding hydrogens is 298 g/mol. The highest BCUT2D eigenvalue weighted by Gasteiger charge is 2.11. The Morgan fingerprint density at radius 2 is 1.88 bits per heavy atom. The van der Waals surface area contributed by atoms with Crippen LogP contribution >= 0.6 is 0 Å². The molecule has 2 N–H and O–H groups in total. The van der Waals surface area contributed by atoms with E-state index in [0.717, 1.165) is 37.9 Å². The van der Waals surface area contributed by atoms with E-state index in [1.807, 2.05) is 0 Å². The van der Waals surface area contributed by atoms with Gasteiger partial charge in [0.05, 0.1) is 0 Å². The summed E-state index contributed by atoms with van der Waals surface area (Å²) in [7, 11) is 2.23. The van der Waals surface area contributed by atoms with Crippen LogP contribution in [0.3, 0.4) is 0 Å². The Bertz CT molecular complexity index is 330. The van der Waals surface area contributed by atoms with E-state index >= 15 is 0 Å². The number of rotatable bonds is 10. The first-order valence-electron chi connectivity index (χ1n) is 10.0. The van der Waals surface area contributed by atoms with Gasteiger partial charge in [-0.15, -0.1) is 0 Å². The summed E-state index contributed by atoms with van der Waals surface area (Å²) < 4.78 is 0. The molecule has 0 aromatic carbocycles. The average molecular weight is 340 g/mol. The molecule has 1 saturated heterocycles. The van der Waals surface area contributed by atoms with Crippen LogP contribution in [0, 0.1) is 5.92 Å². The van der Waals surface area contributed by atoms with Crippen LogP contribution in [0.5, 0.6) is 0 Å². The highest BCUT2D eigenvalue weighted by atomic mass is 15.2. The summed E-state index contributed by atoms with van der Waals surface area (Å²) in [4.78, 5) is 9.75. The van der Waals surface area contributed by atoms with Crippen LogP contribution in [0.4, 0.5) is 0 Å². The second kappa shape index (κ2) is 13.5. The molecule has 5 nitrogen and oxygen atoms in total. The van der Waals surface area contributed by atoms with Crippen LogP contribution in [0.25, 0.3) is 0 Å². The van der Waals surface area contributed by atoms with E-state index in [1.165, 1.54) is 58.4 Å². The van der Waals surface area contributed by atoms with Crippen molar-refractivity contribution in [2.75, 3.05) is 59.4 Å². The van der Waals surface area contributed by atoms with Crippen molar-refractivity contribution < 1.29 is 0 Å². The van der Waals surface area contributed by atoms with Gasteiger partial charge in [-0.05, 0) is 58.8 Å². The second-order valence-corrected chi connectivity index (χ2v) is 7.43. The van der Waals surface area contributed by atoms with Crippen LogP contribution in [0.2, 0.25) is 0 Å². The first kappa shape index (κ1) is 21.2. The van der Waals surface area contributed by atoms with E-state index in [9.17, 15) is 0 Å². The number of guanidine groups is 1. The average Bonchev–Trinajstić information content (AvgIpc) is 2.75. The Hall–Kier alpha value is -0.810. The second-order valence-electron chi connectivity index (χ2n) is 7.43. The van der Waals surface area contributed by atoms with Crippen LogP contribution in [0.1, 0.15) is 52.9 Å². The van der Waals surface area contributed by atoms with Crippen molar-refractivity contribution in [2.45, 2.75) is 52.9 Å². The van der Waals surface area contributed by atoms with Crippen molar-refractivity contribution in [1.29, 1.82) is 0 Å². The minimum absolute atomic E-state index is 0.811. The van der Waals surface area contributed by atoms with Gasteiger partial charge in [0.25, 0.3) is 0 Å². The fraction of sp³-hybridized carbons (Fsp3) is 0.947. The maximum Gasteiger partial charge on any atom is 0.191 e. The quantitative estimate of drug-likeness (QED) is 0.364. The number of hydrogen-bond acceptors (Lipinski definition) is 3. The van der Waals surface area contributed by atoms with Crippen molar-refractivity contribution in [3.05, 3.63) is 0 Å². The summed E-state index contributed by atoms with van der Waals surface area (Å²) in [6.45, 7) is 15.6. The first-order valence-corrected chi connectivity index (χ1v) is 10.0. The Balaban J connectivity index is 2.17. The summed E-state index contributed by atoms with van der Waals surface area (Å²) >= 11 is 0. The lowest BCUT2D eigenvalue weighted by Gasteiger charge is -2.19. The Kier molecular flexibility index (Phi) is 11.9. The van der Waals surface area contributed by atoms with Crippen molar-refractivity contribution in [3.8, 4) is 0 Å². The molecule has 0 spiro atoms. The number of likely N-dealkylation sites (N-methyl/N-ethyl adjacent to an activating group) is 1. The minimum Gasteiger partial charge on any atom is -0.357 e. The van der Waals surface area contributed by atoms with Gasteiger partial charge in [-0.25, -0.2) is 0 Å². The molecule has 1 rings (SSSR count). The predicted molar refractivity (Wildman–Crippen MR) is 106 cm³/mol. The van der Waals surface area contributed by atoms with Crippen LogP contribution < -0.4 is 10.6 Å². The fourth-order valence-corrected chi connectivity index (χ4v) is 3.03. The van der Waals surface area contributed by atoms with Gasteiger partial charge in [-0.1, -0.05) is 26.7 Å². The zero-order valence-electron chi connectivity index (χ0n) is 16.6. The lowest BCUT2D eigenvalue weighted by Crippen LogP contribution is -2.38. The van der Waals surface area contributed by atoms with Gasteiger partial charge in [0.2, 0.25) is 0 Å². The van der Waals surface area contributed by atoms with Crippen molar-refractivity contribution in [3.63, 3.8) is 0 Å². The molecule has 0 aliphatic carbocycles. The number of nitrogens with one attached hydrogen (secondary N) is 2. The maximum absolute atomic E-state index is 4.73. The third-order valence-electron chi connectivity index (χ3n) is 4.56. The third kappa shape index (κ3) is 10.9. The summed E-state index contributed by atoms with van der Waals surface area (Å²) in [5.41, 5.74) is 0. The van der Waals surface area contributed by atoms with Crippen molar-refractivity contribution in [2.24, 2.45) is 10.9 Å². The Labute approximate surface area is 150 Å². The molecular formula is C19H41N5. The van der Waals surface area contributed by atoms with Gasteiger partial charge in [0.1, 0.15) is 0 Å². The van der Waals surface area contributed by atoms with Crippen LogP contribution in [-0.2, 0) is 0 Å². The number of aliphatic imine (C=N–C) groups is 1. The van der Waals surface area contributed by atoms with E-state index in [4.69, 9.17) is 4.99 Å². The Morgan fingerprint density at radius 1 is 1.04 bits per heavy atom. The minimum atomic E-state index is 0.811. The van der Waals surface area contributed by atoms with Gasteiger partial charge < -0.3 is 20.4 Å². The van der Waals surface area contributed by atoms with Crippen LogP contribution in [0.15, 0.2) is 4.99 Å². The highest BCUT2D eigenvalue weighted by molar-refractivity contribution is 5.79. The number of hydrogen-bond donors (Lipinski definition) is 2. The van der Waals surface area contributed by atoms with Gasteiger partial charge in [0.15, 0.2) is 5.96 Å². The molecule has 5 heteroatoms. The van der Waals surface area contributed by atoms with Gasteiger partial charge in [-0.2, -0.15) is 0 Å². The maximum atomic E-state index is 4.73. The third-order valence-corrected chi connectivity index (χ3v) is 4.56. The van der Waals surface area contributed by atoms with E-state index in [2.05, 4.69) is 48.3 Å². The molecule has 1 fully saturated rings. The molecule has 142 valence electrons. The zero-order chi connectivity index (χ0) is 17.6. The molecule has 0 saturated carbocycles. The number of nitrogens with zero attached hydrogens (tertiary/aromatic N) is 3. The van der Waals surface area contributed by atoms with E-state index < -0.39 is 0 Å². The van der Waals surface area contributed by atoms with E-state index in [0.29, 0.717) is 0 Å². The van der Waals surface area contributed by atoms with Crippen LogP contribution in [-0.4, -0.2) is 75.2 Å². The van der Waals surface area contributed by atoms with Gasteiger partial charge in [0, 0.05) is 32.7 Å². The molecule has 0 aromatic heterocycles. The summed E-state index contributed by atoms with van der Waals surface area (Å²) in [5, 5.41) is 6.82. The molecule has 24 heavy (non-hydrogen) atoms. The first-order chi connectivity index (χ1) is 11.6. The molecule has 0 unspecified atom stereocenters. The van der Waals surface area contributed by atoms with Crippen molar-refractivity contribution >= 4 is 5.96 Å². The van der Waals surface area contributed by atoms with E-state index in [-0.39, 0.29) is 0 Å². The predicted octanol–water partition coefficient (Wildman–Crippen LogP) is 2.40. The van der Waals surface area contributed by atoms with Crippen molar-refractivity contribution in [1.82, 2.24) is 20.4 Å². The molecule has 0 bridgehead atoms. The zero-order valence-corrected chi connectivity index (χ0v) is 16.6. The smallest absolute Gasteiger partial charge is 0.191 e. The normalized spacial score (nSPS) is 18.0. The molecule has 0 amide bonds. The largest absolute Gasteiger partial charge is 0.357 e. The fourth-order valence-electron chi connectivity index (χ4n) is 3.03. The summed E-state index contributed by atoms with van der Waals surface area (Å²) in [6.07, 6.45) is 6.28. The van der Waals surface area contributed by atoms with Gasteiger partial charge in [-0.3, -0.25) is 4.99 Å². The highest BCUT2D eigenvalue weighted by Crippen LogP contribution is 2.05. The van der Waals surface area contributed by atoms with Gasteiger partial charge >= 0.3 is 0 Å².